The fourth-order valence-corrected chi connectivity index (χ4v) is 4.37. The highest BCUT2D eigenvalue weighted by atomic mass is 16.3. The van der Waals surface area contributed by atoms with Crippen LogP contribution in [0.15, 0.2) is 28.7 Å². The number of hydrogen-bond donors (Lipinski definition) is 1. The monoisotopic (exact) mass is 383 g/mol. The van der Waals surface area contributed by atoms with E-state index < -0.39 is 0 Å². The smallest absolute Gasteiger partial charge is 0.291 e. The van der Waals surface area contributed by atoms with E-state index >= 15 is 0 Å². The number of para-hydroxylation sites is 1. The van der Waals surface area contributed by atoms with Crippen molar-refractivity contribution in [3.8, 4) is 0 Å². The molecule has 0 bridgehead atoms. The number of carbonyl (C=O) groups excluding carboxylic acids is 2. The number of amides is 2. The minimum absolute atomic E-state index is 0.00543. The second-order valence-corrected chi connectivity index (χ2v) is 7.91. The van der Waals surface area contributed by atoms with Gasteiger partial charge in [-0.25, -0.2) is 0 Å². The number of hydrogen-bond acceptors (Lipinski definition) is 4. The topological polar surface area (TPSA) is 65.8 Å². The van der Waals surface area contributed by atoms with E-state index in [1.54, 1.807) is 0 Å². The first-order chi connectivity index (χ1) is 13.7. The Kier molecular flexibility index (Phi) is 5.67. The van der Waals surface area contributed by atoms with Gasteiger partial charge in [-0.1, -0.05) is 31.9 Å². The standard InChI is InChI=1S/C22H29N3O3/c1-2-11-24-12-14-25(15-13-24)22(27)20-19(17-9-5-6-10-18(17)28-20)23-21(26)16-7-3-4-8-16/h5-6,9-10,16H,2-4,7-8,11-15H2,1H3,(H,23,26). The van der Waals surface area contributed by atoms with Crippen LogP contribution in [0.5, 0.6) is 0 Å². The Morgan fingerprint density at radius 2 is 1.82 bits per heavy atom. The first-order valence-electron chi connectivity index (χ1n) is 10.5. The summed E-state index contributed by atoms with van der Waals surface area (Å²) in [6, 6.07) is 7.53. The van der Waals surface area contributed by atoms with Gasteiger partial charge in [-0.15, -0.1) is 0 Å². The zero-order valence-electron chi connectivity index (χ0n) is 16.6. The number of furan rings is 1. The molecule has 2 amide bonds. The number of nitrogens with one attached hydrogen (secondary N) is 1. The molecule has 0 spiro atoms. The summed E-state index contributed by atoms with van der Waals surface area (Å²) in [5.41, 5.74) is 1.17. The van der Waals surface area contributed by atoms with E-state index in [-0.39, 0.29) is 23.5 Å². The third-order valence-electron chi connectivity index (χ3n) is 5.96. The lowest BCUT2D eigenvalue weighted by Crippen LogP contribution is -2.48. The van der Waals surface area contributed by atoms with Gasteiger partial charge in [0.2, 0.25) is 11.7 Å². The maximum atomic E-state index is 13.2. The van der Waals surface area contributed by atoms with Gasteiger partial charge in [0.15, 0.2) is 0 Å². The van der Waals surface area contributed by atoms with E-state index in [2.05, 4.69) is 17.1 Å². The van der Waals surface area contributed by atoms with Crippen LogP contribution in [0, 0.1) is 5.92 Å². The minimum Gasteiger partial charge on any atom is -0.449 e. The van der Waals surface area contributed by atoms with Crippen LogP contribution >= 0.6 is 0 Å². The largest absolute Gasteiger partial charge is 0.449 e. The number of anilines is 1. The summed E-state index contributed by atoms with van der Waals surface area (Å²) in [5, 5.41) is 3.83. The fraction of sp³-hybridized carbons (Fsp3) is 0.545. The van der Waals surface area contributed by atoms with Crippen LogP contribution in [-0.4, -0.2) is 54.3 Å². The van der Waals surface area contributed by atoms with Gasteiger partial charge < -0.3 is 14.6 Å². The van der Waals surface area contributed by atoms with Crippen molar-refractivity contribution in [3.63, 3.8) is 0 Å². The van der Waals surface area contributed by atoms with Crippen molar-refractivity contribution in [2.75, 3.05) is 38.0 Å². The lowest BCUT2D eigenvalue weighted by molar-refractivity contribution is -0.119. The minimum atomic E-state index is -0.130. The maximum Gasteiger partial charge on any atom is 0.291 e. The average molecular weight is 383 g/mol. The van der Waals surface area contributed by atoms with Crippen LogP contribution in [0.25, 0.3) is 11.0 Å². The zero-order chi connectivity index (χ0) is 19.5. The van der Waals surface area contributed by atoms with Crippen LogP contribution in [0.2, 0.25) is 0 Å². The van der Waals surface area contributed by atoms with Gasteiger partial charge in [0.05, 0.1) is 0 Å². The van der Waals surface area contributed by atoms with Gasteiger partial charge in [0.1, 0.15) is 11.3 Å². The van der Waals surface area contributed by atoms with E-state index in [4.69, 9.17) is 4.42 Å². The van der Waals surface area contributed by atoms with Gasteiger partial charge in [-0.3, -0.25) is 14.5 Å². The van der Waals surface area contributed by atoms with E-state index in [0.717, 1.165) is 57.1 Å². The van der Waals surface area contributed by atoms with Crippen molar-refractivity contribution in [1.82, 2.24) is 9.80 Å². The SMILES string of the molecule is CCCN1CCN(C(=O)c2oc3ccccc3c2NC(=O)C2CCCC2)CC1. The molecule has 0 unspecified atom stereocenters. The van der Waals surface area contributed by atoms with Crippen molar-refractivity contribution in [2.24, 2.45) is 5.92 Å². The summed E-state index contributed by atoms with van der Waals surface area (Å²) in [7, 11) is 0. The highest BCUT2D eigenvalue weighted by Gasteiger charge is 2.30. The molecular weight excluding hydrogens is 354 g/mol. The van der Waals surface area contributed by atoms with E-state index in [1.807, 2.05) is 29.2 Å². The molecule has 1 aliphatic carbocycles. The molecule has 2 fully saturated rings. The van der Waals surface area contributed by atoms with Crippen molar-refractivity contribution >= 4 is 28.5 Å². The van der Waals surface area contributed by atoms with Crippen molar-refractivity contribution in [3.05, 3.63) is 30.0 Å². The Hall–Kier alpha value is -2.34. The normalized spacial score (nSPS) is 18.7. The number of rotatable bonds is 5. The molecule has 6 nitrogen and oxygen atoms in total. The molecule has 0 radical (unpaired) electrons. The summed E-state index contributed by atoms with van der Waals surface area (Å²) in [6.45, 7) is 6.37. The molecule has 1 saturated heterocycles. The Morgan fingerprint density at radius 1 is 1.11 bits per heavy atom. The van der Waals surface area contributed by atoms with Crippen molar-refractivity contribution in [1.29, 1.82) is 0 Å². The first kappa shape index (κ1) is 19.0. The third-order valence-corrected chi connectivity index (χ3v) is 5.96. The second-order valence-electron chi connectivity index (χ2n) is 7.91. The first-order valence-corrected chi connectivity index (χ1v) is 10.5. The van der Waals surface area contributed by atoms with Crippen molar-refractivity contribution < 1.29 is 14.0 Å². The predicted octanol–water partition coefficient (Wildman–Crippen LogP) is 3.73. The summed E-state index contributed by atoms with van der Waals surface area (Å²) >= 11 is 0. The summed E-state index contributed by atoms with van der Waals surface area (Å²) in [5.74, 6) is 0.172. The molecule has 0 atom stereocenters. The molecule has 6 heteroatoms. The Bertz CT molecular complexity index is 846. The highest BCUT2D eigenvalue weighted by Crippen LogP contribution is 2.34. The van der Waals surface area contributed by atoms with Gasteiger partial charge >= 0.3 is 0 Å². The number of benzene rings is 1. The van der Waals surface area contributed by atoms with Crippen LogP contribution in [-0.2, 0) is 4.79 Å². The molecule has 2 aromatic rings. The lowest BCUT2D eigenvalue weighted by Gasteiger charge is -2.34. The average Bonchev–Trinajstić information content (AvgIpc) is 3.37. The molecule has 150 valence electrons. The van der Waals surface area contributed by atoms with Gasteiger partial charge in [0, 0.05) is 37.5 Å². The van der Waals surface area contributed by atoms with E-state index in [0.29, 0.717) is 24.4 Å². The predicted molar refractivity (Wildman–Crippen MR) is 109 cm³/mol. The van der Waals surface area contributed by atoms with Crippen molar-refractivity contribution in [2.45, 2.75) is 39.0 Å². The third kappa shape index (κ3) is 3.78. The molecule has 1 N–H and O–H groups in total. The van der Waals surface area contributed by atoms with Gasteiger partial charge in [0.25, 0.3) is 5.91 Å². The fourth-order valence-electron chi connectivity index (χ4n) is 4.37. The quantitative estimate of drug-likeness (QED) is 0.854. The second kappa shape index (κ2) is 8.35. The van der Waals surface area contributed by atoms with Crippen LogP contribution in [0.1, 0.15) is 49.6 Å². The molecule has 2 aliphatic rings. The Balaban J connectivity index is 1.57. The summed E-state index contributed by atoms with van der Waals surface area (Å²) in [4.78, 5) is 30.2. The molecule has 1 saturated carbocycles. The van der Waals surface area contributed by atoms with Gasteiger partial charge in [-0.2, -0.15) is 0 Å². The maximum absolute atomic E-state index is 13.2. The molecule has 1 aromatic heterocycles. The van der Waals surface area contributed by atoms with Crippen LogP contribution in [0.3, 0.4) is 0 Å². The number of fused-ring (bicyclic) bond motifs is 1. The zero-order valence-corrected chi connectivity index (χ0v) is 16.6. The Labute approximate surface area is 165 Å². The van der Waals surface area contributed by atoms with Crippen LogP contribution < -0.4 is 5.32 Å². The van der Waals surface area contributed by atoms with Crippen LogP contribution in [0.4, 0.5) is 5.69 Å². The molecular formula is C22H29N3O3. The summed E-state index contributed by atoms with van der Waals surface area (Å²) < 4.78 is 5.93. The molecule has 28 heavy (non-hydrogen) atoms. The summed E-state index contributed by atoms with van der Waals surface area (Å²) in [6.07, 6.45) is 5.15. The number of nitrogens with zero attached hydrogens (tertiary/aromatic N) is 2. The molecule has 2 heterocycles. The molecule has 1 aliphatic heterocycles. The number of piperazine rings is 1. The lowest BCUT2D eigenvalue weighted by atomic mass is 10.1. The van der Waals surface area contributed by atoms with Gasteiger partial charge in [-0.05, 0) is 37.9 Å². The number of carbonyl (C=O) groups is 2. The highest BCUT2D eigenvalue weighted by molar-refractivity contribution is 6.11. The molecule has 1 aromatic carbocycles. The van der Waals surface area contributed by atoms with E-state index in [1.165, 1.54) is 0 Å². The Morgan fingerprint density at radius 3 is 2.54 bits per heavy atom. The molecule has 4 rings (SSSR count). The van der Waals surface area contributed by atoms with E-state index in [9.17, 15) is 9.59 Å².